The second kappa shape index (κ2) is 8.42. The van der Waals surface area contributed by atoms with Crippen LogP contribution in [0.2, 0.25) is 0 Å². The molecular formula is C16H24N2O3. The minimum Gasteiger partial charge on any atom is -0.395 e. The molecule has 116 valence electrons. The fourth-order valence-electron chi connectivity index (χ4n) is 2.27. The highest BCUT2D eigenvalue weighted by Gasteiger charge is 2.20. The highest BCUT2D eigenvalue weighted by molar-refractivity contribution is 5.95. The Bertz CT molecular complexity index is 467. The Labute approximate surface area is 126 Å². The van der Waals surface area contributed by atoms with Gasteiger partial charge in [0.15, 0.2) is 5.78 Å². The van der Waals surface area contributed by atoms with Crippen molar-refractivity contribution >= 4 is 17.5 Å². The fraction of sp³-hybridized carbons (Fsp3) is 0.500. The summed E-state index contributed by atoms with van der Waals surface area (Å²) < 4.78 is 0. The number of ketones is 1. The van der Waals surface area contributed by atoms with Gasteiger partial charge in [-0.2, -0.15) is 0 Å². The monoisotopic (exact) mass is 292 g/mol. The molecule has 0 unspecified atom stereocenters. The largest absolute Gasteiger partial charge is 0.395 e. The Morgan fingerprint density at radius 2 is 1.76 bits per heavy atom. The Balaban J connectivity index is 2.78. The second-order valence-electron chi connectivity index (χ2n) is 4.95. The summed E-state index contributed by atoms with van der Waals surface area (Å²) in [4.78, 5) is 25.2. The summed E-state index contributed by atoms with van der Waals surface area (Å²) >= 11 is 0. The smallest absolute Gasteiger partial charge is 0.322 e. The number of hydrogen-bond acceptors (Lipinski definition) is 3. The number of rotatable bonds is 7. The van der Waals surface area contributed by atoms with Crippen LogP contribution in [0.4, 0.5) is 10.5 Å². The minimum absolute atomic E-state index is 0.00758. The molecular weight excluding hydrogens is 268 g/mol. The SMILES string of the molecule is CCC(CC)N(CCO)C(=O)Nc1ccc(C(C)=O)cc1. The average molecular weight is 292 g/mol. The maximum absolute atomic E-state index is 12.3. The molecule has 0 saturated carbocycles. The van der Waals surface area contributed by atoms with Gasteiger partial charge in [-0.1, -0.05) is 13.8 Å². The summed E-state index contributed by atoms with van der Waals surface area (Å²) in [7, 11) is 0. The normalized spacial score (nSPS) is 10.5. The van der Waals surface area contributed by atoms with Crippen LogP contribution in [0.25, 0.3) is 0 Å². The van der Waals surface area contributed by atoms with Gasteiger partial charge in [-0.15, -0.1) is 0 Å². The highest BCUT2D eigenvalue weighted by atomic mass is 16.3. The number of anilines is 1. The van der Waals surface area contributed by atoms with E-state index in [1.165, 1.54) is 6.92 Å². The molecule has 1 rings (SSSR count). The van der Waals surface area contributed by atoms with Crippen LogP contribution in [-0.4, -0.2) is 41.0 Å². The summed E-state index contributed by atoms with van der Waals surface area (Å²) in [5.74, 6) is -0.00758. The molecule has 21 heavy (non-hydrogen) atoms. The summed E-state index contributed by atoms with van der Waals surface area (Å²) in [5.41, 5.74) is 1.25. The number of aliphatic hydroxyl groups excluding tert-OH is 1. The van der Waals surface area contributed by atoms with Gasteiger partial charge in [-0.25, -0.2) is 4.79 Å². The maximum atomic E-state index is 12.3. The summed E-state index contributed by atoms with van der Waals surface area (Å²) in [6, 6.07) is 6.66. The third-order valence-electron chi connectivity index (χ3n) is 3.53. The molecule has 5 heteroatoms. The van der Waals surface area contributed by atoms with Gasteiger partial charge in [0.05, 0.1) is 6.61 Å². The van der Waals surface area contributed by atoms with E-state index in [2.05, 4.69) is 5.32 Å². The maximum Gasteiger partial charge on any atom is 0.322 e. The summed E-state index contributed by atoms with van der Waals surface area (Å²) in [6.07, 6.45) is 1.68. The number of carbonyl (C=O) groups excluding carboxylic acids is 2. The molecule has 0 aliphatic heterocycles. The van der Waals surface area contributed by atoms with Crippen LogP contribution in [-0.2, 0) is 0 Å². The van der Waals surface area contributed by atoms with Gasteiger partial charge in [0.1, 0.15) is 0 Å². The third-order valence-corrected chi connectivity index (χ3v) is 3.53. The quantitative estimate of drug-likeness (QED) is 0.759. The lowest BCUT2D eigenvalue weighted by atomic mass is 10.1. The highest BCUT2D eigenvalue weighted by Crippen LogP contribution is 2.14. The molecule has 1 aromatic carbocycles. The predicted molar refractivity (Wildman–Crippen MR) is 83.6 cm³/mol. The molecule has 5 nitrogen and oxygen atoms in total. The van der Waals surface area contributed by atoms with Gasteiger partial charge in [-0.3, -0.25) is 4.79 Å². The zero-order chi connectivity index (χ0) is 15.8. The number of aliphatic hydroxyl groups is 1. The van der Waals surface area contributed by atoms with Crippen molar-refractivity contribution in [1.29, 1.82) is 0 Å². The van der Waals surface area contributed by atoms with E-state index in [9.17, 15) is 9.59 Å². The van der Waals surface area contributed by atoms with Crippen molar-refractivity contribution in [3.05, 3.63) is 29.8 Å². The first-order valence-electron chi connectivity index (χ1n) is 7.32. The molecule has 2 N–H and O–H groups in total. The van der Waals surface area contributed by atoms with Crippen LogP contribution in [0.1, 0.15) is 44.0 Å². The third kappa shape index (κ3) is 4.86. The van der Waals surface area contributed by atoms with E-state index in [0.29, 0.717) is 17.8 Å². The zero-order valence-corrected chi connectivity index (χ0v) is 12.9. The molecule has 0 radical (unpaired) electrons. The number of amides is 2. The van der Waals surface area contributed by atoms with Crippen molar-refractivity contribution in [2.75, 3.05) is 18.5 Å². The molecule has 0 aliphatic carbocycles. The van der Waals surface area contributed by atoms with Crippen molar-refractivity contribution in [2.24, 2.45) is 0 Å². The number of nitrogens with zero attached hydrogens (tertiary/aromatic N) is 1. The molecule has 0 aliphatic rings. The van der Waals surface area contributed by atoms with Crippen molar-refractivity contribution in [3.8, 4) is 0 Å². The van der Waals surface area contributed by atoms with Crippen LogP contribution in [0.5, 0.6) is 0 Å². The van der Waals surface area contributed by atoms with E-state index in [1.54, 1.807) is 29.2 Å². The Morgan fingerprint density at radius 3 is 2.19 bits per heavy atom. The van der Waals surface area contributed by atoms with Gasteiger partial charge in [-0.05, 0) is 44.0 Å². The number of carbonyl (C=O) groups is 2. The first-order chi connectivity index (χ1) is 10.0. The molecule has 0 aromatic heterocycles. The van der Waals surface area contributed by atoms with Crippen LogP contribution < -0.4 is 5.32 Å². The van der Waals surface area contributed by atoms with Crippen LogP contribution in [0, 0.1) is 0 Å². The molecule has 0 spiro atoms. The molecule has 0 bridgehead atoms. The zero-order valence-electron chi connectivity index (χ0n) is 12.9. The first kappa shape index (κ1) is 17.2. The first-order valence-corrected chi connectivity index (χ1v) is 7.32. The second-order valence-corrected chi connectivity index (χ2v) is 4.95. The Morgan fingerprint density at radius 1 is 1.19 bits per heavy atom. The van der Waals surface area contributed by atoms with Gasteiger partial charge in [0.2, 0.25) is 0 Å². The van der Waals surface area contributed by atoms with E-state index < -0.39 is 0 Å². The van der Waals surface area contributed by atoms with Gasteiger partial charge in [0.25, 0.3) is 0 Å². The van der Waals surface area contributed by atoms with Crippen LogP contribution >= 0.6 is 0 Å². The number of benzene rings is 1. The van der Waals surface area contributed by atoms with E-state index in [-0.39, 0.29) is 24.5 Å². The lowest BCUT2D eigenvalue weighted by Crippen LogP contribution is -2.44. The molecule has 0 atom stereocenters. The lowest BCUT2D eigenvalue weighted by Gasteiger charge is -2.30. The van der Waals surface area contributed by atoms with E-state index >= 15 is 0 Å². The summed E-state index contributed by atoms with van der Waals surface area (Å²) in [6.45, 7) is 5.79. The topological polar surface area (TPSA) is 69.6 Å². The standard InChI is InChI=1S/C16H24N2O3/c1-4-15(5-2)18(10-11-19)16(21)17-14-8-6-13(7-9-14)12(3)20/h6-9,15,19H,4-5,10-11H2,1-3H3,(H,17,21). The lowest BCUT2D eigenvalue weighted by molar-refractivity contribution is 0.101. The Hall–Kier alpha value is -1.88. The van der Waals surface area contributed by atoms with Gasteiger partial charge < -0.3 is 15.3 Å². The minimum atomic E-state index is -0.228. The van der Waals surface area contributed by atoms with E-state index in [0.717, 1.165) is 12.8 Å². The number of hydrogen-bond donors (Lipinski definition) is 2. The predicted octanol–water partition coefficient (Wildman–Crippen LogP) is 2.90. The summed E-state index contributed by atoms with van der Waals surface area (Å²) in [5, 5.41) is 11.9. The van der Waals surface area contributed by atoms with Crippen LogP contribution in [0.3, 0.4) is 0 Å². The molecule has 0 saturated heterocycles. The van der Waals surface area contributed by atoms with Gasteiger partial charge >= 0.3 is 6.03 Å². The number of nitrogens with one attached hydrogen (secondary N) is 1. The molecule has 2 amide bonds. The molecule has 1 aromatic rings. The number of Topliss-reactive ketones (excluding diaryl/α,β-unsaturated/α-hetero) is 1. The molecule has 0 heterocycles. The Kier molecular flexibility index (Phi) is 6.88. The van der Waals surface area contributed by atoms with Crippen molar-refractivity contribution < 1.29 is 14.7 Å². The van der Waals surface area contributed by atoms with Crippen molar-refractivity contribution in [2.45, 2.75) is 39.7 Å². The average Bonchev–Trinajstić information content (AvgIpc) is 2.48. The van der Waals surface area contributed by atoms with Crippen molar-refractivity contribution in [3.63, 3.8) is 0 Å². The molecule has 0 fully saturated rings. The van der Waals surface area contributed by atoms with E-state index in [1.807, 2.05) is 13.8 Å². The fourth-order valence-corrected chi connectivity index (χ4v) is 2.27. The van der Waals surface area contributed by atoms with Gasteiger partial charge in [0, 0.05) is 23.8 Å². The van der Waals surface area contributed by atoms with Crippen LogP contribution in [0.15, 0.2) is 24.3 Å². The van der Waals surface area contributed by atoms with Crippen molar-refractivity contribution in [1.82, 2.24) is 4.90 Å². The van der Waals surface area contributed by atoms with E-state index in [4.69, 9.17) is 5.11 Å². The number of urea groups is 1.